The molecule has 23 heavy (non-hydrogen) atoms. The van der Waals surface area contributed by atoms with Crippen LogP contribution in [-0.2, 0) is 4.79 Å². The van der Waals surface area contributed by atoms with Gasteiger partial charge in [0.05, 0.1) is 11.4 Å². The standard InChI is InChI=1S/C18H17N3O2/c1-11-6-7-18(23)15(8-11)17-10-16(20-21-17)13-4-3-5-14(9-13)19-12(2)22/h3-10,23H,1-2H3,(H,19,22)(H,20,21). The van der Waals surface area contributed by atoms with Gasteiger partial charge in [-0.25, -0.2) is 0 Å². The molecule has 5 heteroatoms. The number of hydrogen-bond acceptors (Lipinski definition) is 3. The SMILES string of the molecule is CC(=O)Nc1cccc(-c2cc(-c3cc(C)ccc3O)[nH]n2)c1. The fourth-order valence-electron chi connectivity index (χ4n) is 2.43. The second kappa shape index (κ2) is 5.96. The van der Waals surface area contributed by atoms with E-state index in [1.165, 1.54) is 6.92 Å². The highest BCUT2D eigenvalue weighted by molar-refractivity contribution is 5.89. The molecule has 3 rings (SSSR count). The van der Waals surface area contributed by atoms with E-state index in [2.05, 4.69) is 15.5 Å². The molecule has 3 N–H and O–H groups in total. The molecule has 1 aromatic heterocycles. The summed E-state index contributed by atoms with van der Waals surface area (Å²) in [6.45, 7) is 3.44. The molecule has 1 amide bonds. The van der Waals surface area contributed by atoms with Crippen LogP contribution in [0.5, 0.6) is 5.75 Å². The summed E-state index contributed by atoms with van der Waals surface area (Å²) in [6.07, 6.45) is 0. The molecule has 0 fully saturated rings. The summed E-state index contributed by atoms with van der Waals surface area (Å²) in [7, 11) is 0. The number of H-pyrrole nitrogens is 1. The van der Waals surface area contributed by atoms with Crippen LogP contribution in [0.15, 0.2) is 48.5 Å². The van der Waals surface area contributed by atoms with Gasteiger partial charge in [-0.05, 0) is 37.3 Å². The first-order valence-electron chi connectivity index (χ1n) is 7.26. The minimum Gasteiger partial charge on any atom is -0.507 e. The van der Waals surface area contributed by atoms with Gasteiger partial charge in [0.15, 0.2) is 0 Å². The molecule has 0 radical (unpaired) electrons. The number of phenols is 1. The quantitative estimate of drug-likeness (QED) is 0.690. The van der Waals surface area contributed by atoms with Crippen LogP contribution in [0, 0.1) is 6.92 Å². The molecule has 0 aliphatic heterocycles. The third-order valence-electron chi connectivity index (χ3n) is 3.50. The molecule has 0 saturated heterocycles. The summed E-state index contributed by atoms with van der Waals surface area (Å²) in [5.41, 5.74) is 4.85. The number of nitrogens with one attached hydrogen (secondary N) is 2. The van der Waals surface area contributed by atoms with Gasteiger partial charge in [-0.15, -0.1) is 0 Å². The first kappa shape index (κ1) is 14.8. The second-order valence-corrected chi connectivity index (χ2v) is 5.45. The lowest BCUT2D eigenvalue weighted by Gasteiger charge is -2.04. The average Bonchev–Trinajstić information content (AvgIpc) is 2.99. The van der Waals surface area contributed by atoms with E-state index in [9.17, 15) is 9.90 Å². The van der Waals surface area contributed by atoms with Crippen molar-refractivity contribution >= 4 is 11.6 Å². The maximum atomic E-state index is 11.2. The van der Waals surface area contributed by atoms with Gasteiger partial charge in [0.2, 0.25) is 5.91 Å². The number of aromatic hydroxyl groups is 1. The number of nitrogens with zero attached hydrogens (tertiary/aromatic N) is 1. The summed E-state index contributed by atoms with van der Waals surface area (Å²) in [5, 5.41) is 20.0. The summed E-state index contributed by atoms with van der Waals surface area (Å²) in [6, 6.07) is 14.8. The fraction of sp³-hybridized carbons (Fsp3) is 0.111. The predicted molar refractivity (Wildman–Crippen MR) is 90.2 cm³/mol. The van der Waals surface area contributed by atoms with Crippen LogP contribution in [0.25, 0.3) is 22.5 Å². The normalized spacial score (nSPS) is 10.5. The molecule has 3 aromatic rings. The average molecular weight is 307 g/mol. The van der Waals surface area contributed by atoms with Crippen LogP contribution < -0.4 is 5.32 Å². The highest BCUT2D eigenvalue weighted by Crippen LogP contribution is 2.31. The van der Waals surface area contributed by atoms with E-state index in [4.69, 9.17) is 0 Å². The van der Waals surface area contributed by atoms with Crippen LogP contribution in [0.4, 0.5) is 5.69 Å². The molecular weight excluding hydrogens is 290 g/mol. The molecule has 1 heterocycles. The van der Waals surface area contributed by atoms with Crippen molar-refractivity contribution in [3.63, 3.8) is 0 Å². The van der Waals surface area contributed by atoms with Crippen LogP contribution in [0.3, 0.4) is 0 Å². The Kier molecular flexibility index (Phi) is 3.85. The Morgan fingerprint density at radius 3 is 2.78 bits per heavy atom. The van der Waals surface area contributed by atoms with Crippen molar-refractivity contribution < 1.29 is 9.90 Å². The van der Waals surface area contributed by atoms with Gasteiger partial charge in [0.25, 0.3) is 0 Å². The Morgan fingerprint density at radius 1 is 1.17 bits per heavy atom. The summed E-state index contributed by atoms with van der Waals surface area (Å²) < 4.78 is 0. The highest BCUT2D eigenvalue weighted by Gasteiger charge is 2.10. The number of carbonyl (C=O) groups excluding carboxylic acids is 1. The van der Waals surface area contributed by atoms with Crippen LogP contribution in [-0.4, -0.2) is 21.2 Å². The van der Waals surface area contributed by atoms with Gasteiger partial charge in [-0.2, -0.15) is 5.10 Å². The zero-order valence-electron chi connectivity index (χ0n) is 12.9. The van der Waals surface area contributed by atoms with Crippen molar-refractivity contribution in [2.75, 3.05) is 5.32 Å². The van der Waals surface area contributed by atoms with Crippen molar-refractivity contribution in [3.8, 4) is 28.3 Å². The molecule has 2 aromatic carbocycles. The number of hydrogen-bond donors (Lipinski definition) is 3. The highest BCUT2D eigenvalue weighted by atomic mass is 16.3. The first-order valence-corrected chi connectivity index (χ1v) is 7.26. The number of aromatic nitrogens is 2. The molecule has 116 valence electrons. The van der Waals surface area contributed by atoms with Crippen molar-refractivity contribution in [1.82, 2.24) is 10.2 Å². The minimum absolute atomic E-state index is 0.116. The summed E-state index contributed by atoms with van der Waals surface area (Å²) >= 11 is 0. The molecule has 0 unspecified atom stereocenters. The lowest BCUT2D eigenvalue weighted by atomic mass is 10.1. The van der Waals surface area contributed by atoms with E-state index in [-0.39, 0.29) is 11.7 Å². The third kappa shape index (κ3) is 3.23. The maximum Gasteiger partial charge on any atom is 0.221 e. The van der Waals surface area contributed by atoms with Gasteiger partial charge in [0, 0.05) is 23.7 Å². The molecular formula is C18H17N3O2. The molecule has 0 bridgehead atoms. The van der Waals surface area contributed by atoms with E-state index in [0.717, 1.165) is 28.2 Å². The molecule has 0 atom stereocenters. The lowest BCUT2D eigenvalue weighted by Crippen LogP contribution is -2.05. The van der Waals surface area contributed by atoms with Crippen molar-refractivity contribution in [2.45, 2.75) is 13.8 Å². The van der Waals surface area contributed by atoms with E-state index in [1.54, 1.807) is 6.07 Å². The zero-order valence-corrected chi connectivity index (χ0v) is 12.9. The van der Waals surface area contributed by atoms with Gasteiger partial charge in [-0.1, -0.05) is 23.8 Å². The van der Waals surface area contributed by atoms with E-state index in [0.29, 0.717) is 5.56 Å². The Labute approximate surface area is 134 Å². The van der Waals surface area contributed by atoms with E-state index in [1.807, 2.05) is 49.4 Å². The van der Waals surface area contributed by atoms with Gasteiger partial charge >= 0.3 is 0 Å². The van der Waals surface area contributed by atoms with Gasteiger partial charge < -0.3 is 10.4 Å². The van der Waals surface area contributed by atoms with Gasteiger partial charge in [-0.3, -0.25) is 9.89 Å². The Balaban J connectivity index is 1.96. The number of amides is 1. The maximum absolute atomic E-state index is 11.2. The largest absolute Gasteiger partial charge is 0.507 e. The van der Waals surface area contributed by atoms with Crippen LogP contribution >= 0.6 is 0 Å². The topological polar surface area (TPSA) is 78.0 Å². The van der Waals surface area contributed by atoms with Crippen LogP contribution in [0.2, 0.25) is 0 Å². The Morgan fingerprint density at radius 2 is 2.00 bits per heavy atom. The summed E-state index contributed by atoms with van der Waals surface area (Å²) in [5.74, 6) is 0.0901. The van der Waals surface area contributed by atoms with Crippen molar-refractivity contribution in [2.24, 2.45) is 0 Å². The van der Waals surface area contributed by atoms with Crippen LogP contribution in [0.1, 0.15) is 12.5 Å². The van der Waals surface area contributed by atoms with E-state index < -0.39 is 0 Å². The van der Waals surface area contributed by atoms with Crippen molar-refractivity contribution in [1.29, 1.82) is 0 Å². The number of benzene rings is 2. The number of rotatable bonds is 3. The minimum atomic E-state index is -0.116. The molecule has 0 saturated carbocycles. The molecule has 0 spiro atoms. The lowest BCUT2D eigenvalue weighted by molar-refractivity contribution is -0.114. The summed E-state index contributed by atoms with van der Waals surface area (Å²) in [4.78, 5) is 11.2. The Bertz CT molecular complexity index is 868. The fourth-order valence-corrected chi connectivity index (χ4v) is 2.43. The van der Waals surface area contributed by atoms with Gasteiger partial charge in [0.1, 0.15) is 5.75 Å². The number of anilines is 1. The smallest absolute Gasteiger partial charge is 0.221 e. The third-order valence-corrected chi connectivity index (χ3v) is 3.50. The zero-order chi connectivity index (χ0) is 16.4. The number of phenolic OH excluding ortho intramolecular Hbond substituents is 1. The first-order chi connectivity index (χ1) is 11.0. The predicted octanol–water partition coefficient (Wildman–Crippen LogP) is 3.72. The molecule has 0 aliphatic carbocycles. The molecule has 0 aliphatic rings. The number of aryl methyl sites for hydroxylation is 1. The Hall–Kier alpha value is -3.08. The van der Waals surface area contributed by atoms with Crippen molar-refractivity contribution in [3.05, 3.63) is 54.1 Å². The van der Waals surface area contributed by atoms with E-state index >= 15 is 0 Å². The number of aromatic amines is 1. The second-order valence-electron chi connectivity index (χ2n) is 5.45. The molecule has 5 nitrogen and oxygen atoms in total. The monoisotopic (exact) mass is 307 g/mol. The number of carbonyl (C=O) groups is 1.